The van der Waals surface area contributed by atoms with Gasteiger partial charge in [0.25, 0.3) is 5.91 Å². The molecule has 1 atom stereocenters. The molecule has 0 aliphatic heterocycles. The zero-order valence-corrected chi connectivity index (χ0v) is 19.7. The van der Waals surface area contributed by atoms with E-state index in [2.05, 4.69) is 10.6 Å². The standard InChI is InChI=1S/C21H25N3O7S2/c1-14(20(26)24-15-6-5-7-16(12-15)33(22,28)29)31-21(27)17-8-3-4-9-18(17)32-13-19(25)23-10-11-30-2/h3-9,12,14H,10-11,13H2,1-2H3,(H,23,25)(H,24,26)(H2,22,28,29). The molecular formula is C21H25N3O7S2. The van der Waals surface area contributed by atoms with E-state index in [1.54, 1.807) is 18.2 Å². The second kappa shape index (κ2) is 12.3. The Balaban J connectivity index is 1.99. The lowest BCUT2D eigenvalue weighted by Gasteiger charge is -2.15. The molecule has 0 saturated carbocycles. The molecule has 0 bridgehead atoms. The predicted octanol–water partition coefficient (Wildman–Crippen LogP) is 1.37. The molecule has 2 rings (SSSR count). The Hall–Kier alpha value is -2.93. The van der Waals surface area contributed by atoms with Crippen molar-refractivity contribution in [1.82, 2.24) is 5.32 Å². The number of hydrogen-bond donors (Lipinski definition) is 3. The first-order valence-corrected chi connectivity index (χ1v) is 12.3. The molecule has 12 heteroatoms. The molecule has 0 aromatic heterocycles. The number of amides is 2. The van der Waals surface area contributed by atoms with Crippen LogP contribution >= 0.6 is 11.8 Å². The van der Waals surface area contributed by atoms with Gasteiger partial charge in [-0.3, -0.25) is 9.59 Å². The fourth-order valence-electron chi connectivity index (χ4n) is 2.52. The number of nitrogens with one attached hydrogen (secondary N) is 2. The molecule has 0 spiro atoms. The van der Waals surface area contributed by atoms with Gasteiger partial charge >= 0.3 is 5.97 Å². The van der Waals surface area contributed by atoms with Gasteiger partial charge < -0.3 is 20.1 Å². The van der Waals surface area contributed by atoms with Gasteiger partial charge in [0, 0.05) is 24.2 Å². The first-order chi connectivity index (χ1) is 15.6. The number of anilines is 1. The van der Waals surface area contributed by atoms with Crippen molar-refractivity contribution in [1.29, 1.82) is 0 Å². The summed E-state index contributed by atoms with van der Waals surface area (Å²) in [7, 11) is -2.40. The fourth-order valence-corrected chi connectivity index (χ4v) is 3.95. The van der Waals surface area contributed by atoms with E-state index >= 15 is 0 Å². The maximum atomic E-state index is 12.6. The summed E-state index contributed by atoms with van der Waals surface area (Å²) >= 11 is 1.16. The molecule has 0 fully saturated rings. The Morgan fingerprint density at radius 2 is 1.85 bits per heavy atom. The SMILES string of the molecule is COCCNC(=O)CSc1ccccc1C(=O)OC(C)C(=O)Nc1cccc(S(N)(=O)=O)c1. The topological polar surface area (TPSA) is 154 Å². The summed E-state index contributed by atoms with van der Waals surface area (Å²) in [4.78, 5) is 37.3. The number of hydrogen-bond acceptors (Lipinski definition) is 8. The van der Waals surface area contributed by atoms with Crippen molar-refractivity contribution >= 4 is 45.3 Å². The van der Waals surface area contributed by atoms with Gasteiger partial charge in [-0.2, -0.15) is 0 Å². The number of benzene rings is 2. The molecule has 10 nitrogen and oxygen atoms in total. The summed E-state index contributed by atoms with van der Waals surface area (Å²) in [5, 5.41) is 10.3. The highest BCUT2D eigenvalue weighted by Crippen LogP contribution is 2.24. The van der Waals surface area contributed by atoms with Gasteiger partial charge in [-0.05, 0) is 37.3 Å². The number of ether oxygens (including phenoxy) is 2. The van der Waals surface area contributed by atoms with Crippen LogP contribution in [0, 0.1) is 0 Å². The summed E-state index contributed by atoms with van der Waals surface area (Å²) in [6.45, 7) is 2.16. The van der Waals surface area contributed by atoms with E-state index in [9.17, 15) is 22.8 Å². The third kappa shape index (κ3) is 8.50. The zero-order valence-electron chi connectivity index (χ0n) is 18.1. The monoisotopic (exact) mass is 495 g/mol. The summed E-state index contributed by atoms with van der Waals surface area (Å²) in [6, 6.07) is 12.0. The molecule has 4 N–H and O–H groups in total. The molecule has 0 heterocycles. The van der Waals surface area contributed by atoms with Crippen molar-refractivity contribution in [2.24, 2.45) is 5.14 Å². The normalized spacial score (nSPS) is 12.0. The zero-order chi connectivity index (χ0) is 24.4. The Labute approximate surface area is 196 Å². The van der Waals surface area contributed by atoms with Gasteiger partial charge in [0.15, 0.2) is 6.10 Å². The Bertz CT molecular complexity index is 1110. The quantitative estimate of drug-likeness (QED) is 0.240. The average Bonchev–Trinajstić information content (AvgIpc) is 2.77. The number of esters is 1. The third-order valence-electron chi connectivity index (χ3n) is 4.18. The van der Waals surface area contributed by atoms with Gasteiger partial charge in [-0.1, -0.05) is 18.2 Å². The summed E-state index contributed by atoms with van der Waals surface area (Å²) < 4.78 is 33.1. The minimum Gasteiger partial charge on any atom is -0.449 e. The lowest BCUT2D eigenvalue weighted by molar-refractivity contribution is -0.123. The van der Waals surface area contributed by atoms with Crippen LogP contribution in [0.15, 0.2) is 58.3 Å². The van der Waals surface area contributed by atoms with Crippen molar-refractivity contribution in [3.05, 3.63) is 54.1 Å². The molecular weight excluding hydrogens is 470 g/mol. The van der Waals surface area contributed by atoms with E-state index in [-0.39, 0.29) is 27.8 Å². The van der Waals surface area contributed by atoms with Crippen LogP contribution in [0.2, 0.25) is 0 Å². The number of primary sulfonamides is 1. The highest BCUT2D eigenvalue weighted by Gasteiger charge is 2.22. The van der Waals surface area contributed by atoms with Crippen LogP contribution in [0.3, 0.4) is 0 Å². The van der Waals surface area contributed by atoms with Crippen LogP contribution in [-0.4, -0.2) is 58.3 Å². The van der Waals surface area contributed by atoms with Crippen molar-refractivity contribution in [3.8, 4) is 0 Å². The molecule has 178 valence electrons. The molecule has 0 radical (unpaired) electrons. The molecule has 0 aliphatic carbocycles. The lowest BCUT2D eigenvalue weighted by atomic mass is 10.2. The minimum absolute atomic E-state index is 0.0877. The molecule has 1 unspecified atom stereocenters. The van der Waals surface area contributed by atoms with E-state index in [0.717, 1.165) is 11.8 Å². The largest absolute Gasteiger partial charge is 0.449 e. The second-order valence-electron chi connectivity index (χ2n) is 6.74. The highest BCUT2D eigenvalue weighted by atomic mass is 32.2. The van der Waals surface area contributed by atoms with Gasteiger partial charge in [0.1, 0.15) is 0 Å². The summed E-state index contributed by atoms with van der Waals surface area (Å²) in [6.07, 6.45) is -1.17. The van der Waals surface area contributed by atoms with Crippen molar-refractivity contribution < 1.29 is 32.3 Å². The molecule has 0 aliphatic rings. The number of nitrogens with two attached hydrogens (primary N) is 1. The van der Waals surface area contributed by atoms with Crippen molar-refractivity contribution in [2.45, 2.75) is 22.8 Å². The number of carbonyl (C=O) groups is 3. The molecule has 33 heavy (non-hydrogen) atoms. The van der Waals surface area contributed by atoms with E-state index in [1.807, 2.05) is 0 Å². The number of methoxy groups -OCH3 is 1. The third-order valence-corrected chi connectivity index (χ3v) is 6.16. The number of rotatable bonds is 11. The minimum atomic E-state index is -3.93. The van der Waals surface area contributed by atoms with Gasteiger partial charge in [0.2, 0.25) is 15.9 Å². The van der Waals surface area contributed by atoms with Gasteiger partial charge in [0.05, 0.1) is 22.8 Å². The van der Waals surface area contributed by atoms with Crippen molar-refractivity contribution in [3.63, 3.8) is 0 Å². The van der Waals surface area contributed by atoms with Crippen molar-refractivity contribution in [2.75, 3.05) is 31.3 Å². The molecule has 0 saturated heterocycles. The van der Waals surface area contributed by atoms with Crippen LogP contribution < -0.4 is 15.8 Å². The number of carbonyl (C=O) groups excluding carboxylic acids is 3. The number of thioether (sulfide) groups is 1. The van der Waals surface area contributed by atoms with E-state index in [4.69, 9.17) is 14.6 Å². The molecule has 2 aromatic carbocycles. The van der Waals surface area contributed by atoms with Crippen LogP contribution in [0.4, 0.5) is 5.69 Å². The Morgan fingerprint density at radius 1 is 1.12 bits per heavy atom. The lowest BCUT2D eigenvalue weighted by Crippen LogP contribution is -2.30. The van der Waals surface area contributed by atoms with Gasteiger partial charge in [-0.15, -0.1) is 11.8 Å². The van der Waals surface area contributed by atoms with E-state index in [1.165, 1.54) is 44.4 Å². The van der Waals surface area contributed by atoms with Crippen LogP contribution in [-0.2, 0) is 29.1 Å². The predicted molar refractivity (Wildman–Crippen MR) is 123 cm³/mol. The second-order valence-corrected chi connectivity index (χ2v) is 9.32. The number of sulfonamides is 1. The summed E-state index contributed by atoms with van der Waals surface area (Å²) in [5.41, 5.74) is 0.396. The van der Waals surface area contributed by atoms with Gasteiger partial charge in [-0.25, -0.2) is 18.4 Å². The fraction of sp³-hybridized carbons (Fsp3) is 0.286. The maximum Gasteiger partial charge on any atom is 0.340 e. The first kappa shape index (κ1) is 26.3. The first-order valence-electron chi connectivity index (χ1n) is 9.74. The Kier molecular flexibility index (Phi) is 9.85. The van der Waals surface area contributed by atoms with Crippen LogP contribution in [0.5, 0.6) is 0 Å². The van der Waals surface area contributed by atoms with E-state index in [0.29, 0.717) is 18.0 Å². The smallest absolute Gasteiger partial charge is 0.340 e. The summed E-state index contributed by atoms with van der Waals surface area (Å²) in [5.74, 6) is -1.52. The Morgan fingerprint density at radius 3 is 2.55 bits per heavy atom. The van der Waals surface area contributed by atoms with E-state index < -0.39 is 28.0 Å². The molecule has 2 amide bonds. The average molecular weight is 496 g/mol. The highest BCUT2D eigenvalue weighted by molar-refractivity contribution is 8.00. The maximum absolute atomic E-state index is 12.6. The van der Waals surface area contributed by atoms with Crippen LogP contribution in [0.25, 0.3) is 0 Å². The molecule has 2 aromatic rings. The van der Waals surface area contributed by atoms with Crippen LogP contribution in [0.1, 0.15) is 17.3 Å².